The number of benzene rings is 1. The first-order valence-electron chi connectivity index (χ1n) is 6.66. The molecule has 0 unspecified atom stereocenters. The first-order chi connectivity index (χ1) is 9.20. The van der Waals surface area contributed by atoms with E-state index in [1.165, 1.54) is 6.42 Å². The van der Waals surface area contributed by atoms with Crippen molar-refractivity contribution in [3.05, 3.63) is 29.8 Å². The van der Waals surface area contributed by atoms with Crippen LogP contribution in [0.15, 0.2) is 24.3 Å². The fourth-order valence-electron chi connectivity index (χ4n) is 2.40. The number of hydrogen-bond donors (Lipinski definition) is 0. The first kappa shape index (κ1) is 14.4. The predicted molar refractivity (Wildman–Crippen MR) is 77.8 cm³/mol. The molecule has 0 N–H and O–H groups in total. The van der Waals surface area contributed by atoms with Crippen molar-refractivity contribution in [3.63, 3.8) is 0 Å². The highest BCUT2D eigenvalue weighted by atomic mass is 79.9. The number of alkyl halides is 1. The van der Waals surface area contributed by atoms with Gasteiger partial charge in [0.15, 0.2) is 0 Å². The molecule has 2 atom stereocenters. The van der Waals surface area contributed by atoms with Gasteiger partial charge in [-0.25, -0.2) is 0 Å². The number of esters is 1. The van der Waals surface area contributed by atoms with Crippen LogP contribution in [0.2, 0.25) is 0 Å². The monoisotopic (exact) mass is 326 g/mol. The van der Waals surface area contributed by atoms with Crippen molar-refractivity contribution in [2.24, 2.45) is 0 Å². The Bertz CT molecular complexity index is 433. The molecule has 0 amide bonds. The summed E-state index contributed by atoms with van der Waals surface area (Å²) < 4.78 is 10.8. The second-order valence-corrected chi connectivity index (χ2v) is 5.99. The molecule has 0 saturated heterocycles. The molecule has 3 nitrogen and oxygen atoms in total. The van der Waals surface area contributed by atoms with Gasteiger partial charge in [-0.05, 0) is 25.3 Å². The molecule has 19 heavy (non-hydrogen) atoms. The Morgan fingerprint density at radius 3 is 2.79 bits per heavy atom. The maximum Gasteiger partial charge on any atom is 0.310 e. The van der Waals surface area contributed by atoms with E-state index < -0.39 is 0 Å². The zero-order valence-electron chi connectivity index (χ0n) is 11.1. The smallest absolute Gasteiger partial charge is 0.310 e. The molecule has 104 valence electrons. The molecule has 0 spiro atoms. The number of carbonyl (C=O) groups excluding carboxylic acids is 1. The maximum absolute atomic E-state index is 12.0. The van der Waals surface area contributed by atoms with Crippen molar-refractivity contribution in [1.82, 2.24) is 0 Å². The average Bonchev–Trinajstić information content (AvgIpc) is 2.42. The van der Waals surface area contributed by atoms with Gasteiger partial charge in [0, 0.05) is 5.56 Å². The number of hydrogen-bond acceptors (Lipinski definition) is 3. The molecule has 0 heterocycles. The summed E-state index contributed by atoms with van der Waals surface area (Å²) in [4.78, 5) is 12.3. The van der Waals surface area contributed by atoms with Crippen LogP contribution in [0.4, 0.5) is 0 Å². The molecule has 1 saturated carbocycles. The molecule has 0 aliphatic heterocycles. The minimum atomic E-state index is -0.180. The molecular formula is C15H19BrO3. The van der Waals surface area contributed by atoms with Crippen LogP contribution in [0.1, 0.15) is 31.2 Å². The molecule has 0 aromatic heterocycles. The molecule has 2 rings (SSSR count). The number of methoxy groups -OCH3 is 1. The Kier molecular flexibility index (Phi) is 5.25. The number of halogens is 1. The maximum atomic E-state index is 12.0. The minimum Gasteiger partial charge on any atom is -0.496 e. The third-order valence-electron chi connectivity index (χ3n) is 3.43. The lowest BCUT2D eigenvalue weighted by atomic mass is 9.97. The van der Waals surface area contributed by atoms with Crippen molar-refractivity contribution < 1.29 is 14.3 Å². The molecule has 1 aromatic carbocycles. The van der Waals surface area contributed by atoms with E-state index in [0.717, 1.165) is 30.6 Å². The van der Waals surface area contributed by atoms with E-state index in [9.17, 15) is 4.79 Å². The molecule has 1 aromatic rings. The van der Waals surface area contributed by atoms with Crippen LogP contribution in [-0.4, -0.2) is 24.0 Å². The Morgan fingerprint density at radius 2 is 2.05 bits per heavy atom. The van der Waals surface area contributed by atoms with Gasteiger partial charge in [0.05, 0.1) is 18.4 Å². The van der Waals surface area contributed by atoms with Crippen LogP contribution < -0.4 is 4.74 Å². The van der Waals surface area contributed by atoms with E-state index in [1.54, 1.807) is 7.11 Å². The standard InChI is InChI=1S/C15H19BrO3/c1-18-13-8-4-2-6-11(13)10-15(17)19-14-9-5-3-7-12(14)16/h2,4,6,8,12,14H,3,5,7,9-10H2,1H3/t12-,14-/m1/s1. The molecular weight excluding hydrogens is 308 g/mol. The zero-order valence-corrected chi connectivity index (χ0v) is 12.7. The van der Waals surface area contributed by atoms with E-state index in [-0.39, 0.29) is 18.5 Å². The molecule has 0 bridgehead atoms. The predicted octanol–water partition coefficient (Wildman–Crippen LogP) is 3.49. The van der Waals surface area contributed by atoms with E-state index in [1.807, 2.05) is 24.3 Å². The normalized spacial score (nSPS) is 22.8. The SMILES string of the molecule is COc1ccccc1CC(=O)O[C@@H]1CCCC[C@H]1Br. The third-order valence-corrected chi connectivity index (χ3v) is 4.48. The lowest BCUT2D eigenvalue weighted by Crippen LogP contribution is -2.30. The van der Waals surface area contributed by atoms with Crippen LogP contribution in [0.3, 0.4) is 0 Å². The second-order valence-electron chi connectivity index (χ2n) is 4.82. The fourth-order valence-corrected chi connectivity index (χ4v) is 3.10. The highest BCUT2D eigenvalue weighted by Crippen LogP contribution is 2.27. The van der Waals surface area contributed by atoms with Crippen molar-refractivity contribution in [2.75, 3.05) is 7.11 Å². The number of para-hydroxylation sites is 1. The molecule has 1 fully saturated rings. The zero-order chi connectivity index (χ0) is 13.7. The average molecular weight is 327 g/mol. The van der Waals surface area contributed by atoms with Gasteiger partial charge < -0.3 is 9.47 Å². The van der Waals surface area contributed by atoms with Crippen LogP contribution in [-0.2, 0) is 16.0 Å². The Balaban J connectivity index is 1.93. The van der Waals surface area contributed by atoms with Crippen molar-refractivity contribution in [1.29, 1.82) is 0 Å². The highest BCUT2D eigenvalue weighted by Gasteiger charge is 2.26. The third kappa shape index (κ3) is 3.96. The minimum absolute atomic E-state index is 0.0101. The van der Waals surface area contributed by atoms with E-state index >= 15 is 0 Å². The van der Waals surface area contributed by atoms with Crippen LogP contribution in [0.5, 0.6) is 5.75 Å². The summed E-state index contributed by atoms with van der Waals surface area (Å²) in [6.07, 6.45) is 4.64. The highest BCUT2D eigenvalue weighted by molar-refractivity contribution is 9.09. The van der Waals surface area contributed by atoms with Crippen molar-refractivity contribution in [2.45, 2.75) is 43.0 Å². The quantitative estimate of drug-likeness (QED) is 0.627. The van der Waals surface area contributed by atoms with E-state index in [4.69, 9.17) is 9.47 Å². The van der Waals surface area contributed by atoms with Gasteiger partial charge in [0.25, 0.3) is 0 Å². The summed E-state index contributed by atoms with van der Waals surface area (Å²) in [5.74, 6) is 0.555. The summed E-state index contributed by atoms with van der Waals surface area (Å²) >= 11 is 3.59. The Labute approximate surface area is 122 Å². The fraction of sp³-hybridized carbons (Fsp3) is 0.533. The molecule has 0 radical (unpaired) electrons. The summed E-state index contributed by atoms with van der Waals surface area (Å²) in [5, 5.41) is 0. The Morgan fingerprint density at radius 1 is 1.32 bits per heavy atom. The van der Waals surface area contributed by atoms with Crippen molar-refractivity contribution >= 4 is 21.9 Å². The van der Waals surface area contributed by atoms with Gasteiger partial charge in [0.2, 0.25) is 0 Å². The summed E-state index contributed by atoms with van der Waals surface area (Å²) in [7, 11) is 1.61. The molecule has 1 aliphatic carbocycles. The van der Waals surface area contributed by atoms with Crippen LogP contribution >= 0.6 is 15.9 Å². The van der Waals surface area contributed by atoms with Gasteiger partial charge >= 0.3 is 5.97 Å². The van der Waals surface area contributed by atoms with E-state index in [2.05, 4.69) is 15.9 Å². The second kappa shape index (κ2) is 6.94. The van der Waals surface area contributed by atoms with Gasteiger partial charge in [0.1, 0.15) is 11.9 Å². The largest absolute Gasteiger partial charge is 0.496 e. The van der Waals surface area contributed by atoms with Crippen molar-refractivity contribution in [3.8, 4) is 5.75 Å². The van der Waals surface area contributed by atoms with Gasteiger partial charge in [-0.15, -0.1) is 0 Å². The topological polar surface area (TPSA) is 35.5 Å². The Hall–Kier alpha value is -1.03. The van der Waals surface area contributed by atoms with Gasteiger partial charge in [-0.3, -0.25) is 4.79 Å². The van der Waals surface area contributed by atoms with Crippen LogP contribution in [0, 0.1) is 0 Å². The van der Waals surface area contributed by atoms with Gasteiger partial charge in [-0.2, -0.15) is 0 Å². The lowest BCUT2D eigenvalue weighted by Gasteiger charge is -2.27. The summed E-state index contributed by atoms with van der Waals surface area (Å²) in [5.41, 5.74) is 0.872. The van der Waals surface area contributed by atoms with E-state index in [0.29, 0.717) is 4.83 Å². The van der Waals surface area contributed by atoms with Crippen LogP contribution in [0.25, 0.3) is 0 Å². The number of ether oxygens (including phenoxy) is 2. The summed E-state index contributed by atoms with van der Waals surface area (Å²) in [6, 6.07) is 7.55. The molecule has 1 aliphatic rings. The molecule has 4 heteroatoms. The van der Waals surface area contributed by atoms with Gasteiger partial charge in [-0.1, -0.05) is 40.5 Å². The lowest BCUT2D eigenvalue weighted by molar-refractivity contribution is -0.149. The first-order valence-corrected chi connectivity index (χ1v) is 7.57. The number of carbonyl (C=O) groups is 1. The number of rotatable bonds is 4. The summed E-state index contributed by atoms with van der Waals surface area (Å²) in [6.45, 7) is 0.